The number of rotatable bonds is 9. The smallest absolute Gasteiger partial charge is 0.340 e. The number of nitrogens with one attached hydrogen (secondary N) is 2. The number of ether oxygens (including phenoxy) is 2. The van der Waals surface area contributed by atoms with E-state index in [1.54, 1.807) is 24.3 Å². The minimum Gasteiger partial charge on any atom is -0.460 e. The van der Waals surface area contributed by atoms with E-state index in [-0.39, 0.29) is 12.6 Å². The van der Waals surface area contributed by atoms with E-state index in [1.807, 2.05) is 20.8 Å². The minimum absolute atomic E-state index is 0.159. The number of nitrogens with zero attached hydrogens (tertiary/aromatic N) is 1. The number of β-lactam (4-membered cyclic amide) rings is 1. The van der Waals surface area contributed by atoms with E-state index in [2.05, 4.69) is 10.6 Å². The van der Waals surface area contributed by atoms with Crippen LogP contribution in [0.2, 0.25) is 0 Å². The van der Waals surface area contributed by atoms with E-state index in [4.69, 9.17) is 44.3 Å². The van der Waals surface area contributed by atoms with Crippen LogP contribution < -0.4 is 10.6 Å². The van der Waals surface area contributed by atoms with Crippen LogP contribution in [0.25, 0.3) is 0 Å². The van der Waals surface area contributed by atoms with Gasteiger partial charge in [0.05, 0.1) is 12.1 Å². The Kier molecular flexibility index (Phi) is 8.14. The second-order valence-electron chi connectivity index (χ2n) is 9.87. The predicted octanol–water partition coefficient (Wildman–Crippen LogP) is 3.51. The highest BCUT2D eigenvalue weighted by Gasteiger charge is 2.64. The van der Waals surface area contributed by atoms with Crippen molar-refractivity contribution < 1.29 is 28.7 Å². The molecule has 1 saturated carbocycles. The summed E-state index contributed by atoms with van der Waals surface area (Å²) in [7, 11) is 0. The second-order valence-corrected chi connectivity index (χ2v) is 14.2. The van der Waals surface area contributed by atoms with Crippen LogP contribution in [0, 0.1) is 5.92 Å². The molecular weight excluding hydrogens is 565 g/mol. The van der Waals surface area contributed by atoms with Gasteiger partial charge in [-0.3, -0.25) is 9.59 Å². The maximum absolute atomic E-state index is 12.9. The van der Waals surface area contributed by atoms with Crippen LogP contribution in [-0.2, 0) is 23.9 Å². The molecule has 2 saturated heterocycles. The summed E-state index contributed by atoms with van der Waals surface area (Å²) < 4.78 is 8.23. The Morgan fingerprint density at radius 1 is 1.22 bits per heavy atom. The molecule has 202 valence electrons. The lowest BCUT2D eigenvalue weighted by atomic mass is 9.96. The van der Waals surface area contributed by atoms with Crippen LogP contribution in [0.15, 0.2) is 24.3 Å². The maximum Gasteiger partial charge on any atom is 0.340 e. The first-order valence-electron chi connectivity index (χ1n) is 11.8. The third-order valence-corrected chi connectivity index (χ3v) is 8.42. The third kappa shape index (κ3) is 6.41. The molecule has 9 nitrogen and oxygen atoms in total. The minimum atomic E-state index is -1.77. The second kappa shape index (κ2) is 10.7. The van der Waals surface area contributed by atoms with Gasteiger partial charge >= 0.3 is 11.9 Å². The van der Waals surface area contributed by atoms with E-state index in [1.165, 1.54) is 16.7 Å². The van der Waals surface area contributed by atoms with Crippen LogP contribution in [0.3, 0.4) is 0 Å². The standard InChI is InChI=1S/C24H28Cl3N3O6S/c1-12(13-8-9-13)36-21(33)14-6-4-5-7-15(14)28-10-16(31)29-17-19(32)30-18(23(2,3)37-20(17)30)22(34)35-11-24(25,26)27/h4-7,12-13,17-18,20,28H,8-11H2,1-3H3,(H,29,31)/t12?,17?,18?,20-/m1/s1. The summed E-state index contributed by atoms with van der Waals surface area (Å²) in [5, 5.41) is 5.24. The molecule has 3 aliphatic rings. The van der Waals surface area contributed by atoms with Crippen LogP contribution in [0.1, 0.15) is 44.0 Å². The van der Waals surface area contributed by atoms with Gasteiger partial charge in [0.1, 0.15) is 30.2 Å². The zero-order chi connectivity index (χ0) is 27.1. The summed E-state index contributed by atoms with van der Waals surface area (Å²) in [5.74, 6) is -1.56. The van der Waals surface area contributed by atoms with Gasteiger partial charge in [-0.25, -0.2) is 9.59 Å². The molecule has 1 aromatic carbocycles. The normalized spacial score (nSPS) is 25.0. The lowest BCUT2D eigenvalue weighted by molar-refractivity contribution is -0.164. The van der Waals surface area contributed by atoms with Crippen molar-refractivity contribution in [1.82, 2.24) is 10.2 Å². The van der Waals surface area contributed by atoms with E-state index in [9.17, 15) is 19.2 Å². The van der Waals surface area contributed by atoms with E-state index >= 15 is 0 Å². The summed E-state index contributed by atoms with van der Waals surface area (Å²) in [6, 6.07) is 5.10. The molecule has 4 atom stereocenters. The van der Waals surface area contributed by atoms with Gasteiger partial charge in [-0.2, -0.15) is 0 Å². The first-order chi connectivity index (χ1) is 17.3. The monoisotopic (exact) mass is 591 g/mol. The van der Waals surface area contributed by atoms with Gasteiger partial charge in [0.15, 0.2) is 0 Å². The van der Waals surface area contributed by atoms with Crippen molar-refractivity contribution in [2.24, 2.45) is 5.92 Å². The Morgan fingerprint density at radius 2 is 1.89 bits per heavy atom. The number of alkyl halides is 3. The van der Waals surface area contributed by atoms with Crippen molar-refractivity contribution >= 4 is 76.0 Å². The molecule has 4 rings (SSSR count). The fraction of sp³-hybridized carbons (Fsp3) is 0.583. The van der Waals surface area contributed by atoms with Gasteiger partial charge in [-0.15, -0.1) is 11.8 Å². The molecule has 2 heterocycles. The average Bonchev–Trinajstić information content (AvgIpc) is 3.64. The number of halogens is 3. The van der Waals surface area contributed by atoms with Gasteiger partial charge in [-0.1, -0.05) is 46.9 Å². The molecule has 2 aliphatic heterocycles. The van der Waals surface area contributed by atoms with Crippen molar-refractivity contribution in [2.45, 2.75) is 65.7 Å². The number of anilines is 1. The molecule has 0 bridgehead atoms. The highest BCUT2D eigenvalue weighted by Crippen LogP contribution is 2.51. The first kappa shape index (κ1) is 28.1. The molecule has 2 N–H and O–H groups in total. The molecule has 1 aliphatic carbocycles. The fourth-order valence-electron chi connectivity index (χ4n) is 4.47. The Bertz CT molecular complexity index is 1090. The molecule has 37 heavy (non-hydrogen) atoms. The number of hydrogen-bond acceptors (Lipinski definition) is 8. The fourth-order valence-corrected chi connectivity index (χ4v) is 6.25. The van der Waals surface area contributed by atoms with Crippen molar-refractivity contribution in [3.8, 4) is 0 Å². The van der Waals surface area contributed by atoms with Crippen molar-refractivity contribution in [3.63, 3.8) is 0 Å². The summed E-state index contributed by atoms with van der Waals surface area (Å²) in [4.78, 5) is 52.3. The average molecular weight is 593 g/mol. The molecule has 0 aromatic heterocycles. The number of esters is 2. The molecule has 3 unspecified atom stereocenters. The number of carbonyl (C=O) groups is 4. The molecule has 13 heteroatoms. The molecular formula is C24H28Cl3N3O6S. The van der Waals surface area contributed by atoms with Crippen LogP contribution in [0.5, 0.6) is 0 Å². The summed E-state index contributed by atoms with van der Waals surface area (Å²) in [5.41, 5.74) is 0.790. The number of hydrogen-bond donors (Lipinski definition) is 2. The molecule has 2 amide bonds. The van der Waals surface area contributed by atoms with E-state index in [0.29, 0.717) is 17.2 Å². The predicted molar refractivity (Wildman–Crippen MR) is 142 cm³/mol. The number of fused-ring (bicyclic) bond motifs is 1. The third-order valence-electron chi connectivity index (χ3n) is 6.52. The van der Waals surface area contributed by atoms with E-state index < -0.39 is 56.4 Å². The summed E-state index contributed by atoms with van der Waals surface area (Å²) in [6.07, 6.45) is 1.95. The largest absolute Gasteiger partial charge is 0.460 e. The van der Waals surface area contributed by atoms with Crippen molar-refractivity contribution in [2.75, 3.05) is 18.5 Å². The SMILES string of the molecule is CC(OC(=O)c1ccccc1NCC(=O)NC1C(=O)N2C(C(=O)OCC(Cl)(Cl)Cl)C(C)(C)S[C@H]12)C1CC1. The van der Waals surface area contributed by atoms with Crippen LogP contribution >= 0.6 is 46.6 Å². The molecule has 3 fully saturated rings. The van der Waals surface area contributed by atoms with Gasteiger partial charge in [0.25, 0.3) is 0 Å². The number of benzene rings is 1. The van der Waals surface area contributed by atoms with Gasteiger partial charge in [0, 0.05) is 10.4 Å². The number of thioether (sulfide) groups is 1. The van der Waals surface area contributed by atoms with Gasteiger partial charge in [-0.05, 0) is 51.7 Å². The molecule has 0 radical (unpaired) electrons. The Balaban J connectivity index is 1.33. The zero-order valence-corrected chi connectivity index (χ0v) is 23.5. The topological polar surface area (TPSA) is 114 Å². The van der Waals surface area contributed by atoms with Crippen LogP contribution in [-0.4, -0.2) is 73.9 Å². The Hall–Kier alpha value is -1.88. The lowest BCUT2D eigenvalue weighted by Crippen LogP contribution is -2.71. The Labute approximate surface area is 234 Å². The van der Waals surface area contributed by atoms with Crippen LogP contribution in [0.4, 0.5) is 5.69 Å². The molecule has 1 aromatic rings. The van der Waals surface area contributed by atoms with E-state index in [0.717, 1.165) is 12.8 Å². The highest BCUT2D eigenvalue weighted by atomic mass is 35.6. The van der Waals surface area contributed by atoms with Crippen molar-refractivity contribution in [1.29, 1.82) is 0 Å². The number of para-hydroxylation sites is 1. The lowest BCUT2D eigenvalue weighted by Gasteiger charge is -2.44. The first-order valence-corrected chi connectivity index (χ1v) is 13.9. The van der Waals surface area contributed by atoms with Gasteiger partial charge in [0.2, 0.25) is 15.6 Å². The summed E-state index contributed by atoms with van der Waals surface area (Å²) in [6.45, 7) is 4.89. The quantitative estimate of drug-likeness (QED) is 0.254. The highest BCUT2D eigenvalue weighted by molar-refractivity contribution is 8.01. The zero-order valence-electron chi connectivity index (χ0n) is 20.5. The summed E-state index contributed by atoms with van der Waals surface area (Å²) >= 11 is 18.4. The van der Waals surface area contributed by atoms with Gasteiger partial charge < -0.3 is 25.0 Å². The number of amides is 2. The maximum atomic E-state index is 12.9. The number of carbonyl (C=O) groups excluding carboxylic acids is 4. The molecule has 0 spiro atoms. The van der Waals surface area contributed by atoms with Crippen molar-refractivity contribution in [3.05, 3.63) is 29.8 Å². The Morgan fingerprint density at radius 3 is 2.54 bits per heavy atom.